The summed E-state index contributed by atoms with van der Waals surface area (Å²) in [6, 6.07) is 16.0. The van der Waals surface area contributed by atoms with Crippen molar-refractivity contribution in [1.29, 1.82) is 5.26 Å². The Bertz CT molecular complexity index is 1320. The van der Waals surface area contributed by atoms with E-state index in [2.05, 4.69) is 22.0 Å². The van der Waals surface area contributed by atoms with E-state index in [1.165, 1.54) is 53.4 Å². The van der Waals surface area contributed by atoms with Gasteiger partial charge >= 0.3 is 6.03 Å². The van der Waals surface area contributed by atoms with Gasteiger partial charge in [-0.3, -0.25) is 4.79 Å². The maximum absolute atomic E-state index is 13.5. The van der Waals surface area contributed by atoms with Gasteiger partial charge in [-0.2, -0.15) is 5.26 Å². The van der Waals surface area contributed by atoms with Crippen LogP contribution in [0.2, 0.25) is 0 Å². The molecule has 8 heteroatoms. The van der Waals surface area contributed by atoms with Crippen LogP contribution in [0.3, 0.4) is 0 Å². The van der Waals surface area contributed by atoms with Gasteiger partial charge in [-0.1, -0.05) is 34.1 Å². The minimum absolute atomic E-state index is 0.0933. The van der Waals surface area contributed by atoms with Crippen molar-refractivity contribution < 1.29 is 18.4 Å². The average Bonchev–Trinajstić information content (AvgIpc) is 2.94. The van der Waals surface area contributed by atoms with Gasteiger partial charge in [-0.05, 0) is 67.4 Å². The molecule has 166 valence electrons. The van der Waals surface area contributed by atoms with Gasteiger partial charge in [0.05, 0.1) is 17.3 Å². The van der Waals surface area contributed by atoms with E-state index in [1.807, 2.05) is 0 Å². The van der Waals surface area contributed by atoms with E-state index < -0.39 is 29.1 Å². The number of nitrogens with zero attached hydrogens (tertiary/aromatic N) is 3. The van der Waals surface area contributed by atoms with Gasteiger partial charge in [0.1, 0.15) is 17.2 Å². The molecule has 4 rings (SSSR count). The second kappa shape index (κ2) is 8.41. The van der Waals surface area contributed by atoms with E-state index in [1.54, 1.807) is 26.0 Å². The van der Waals surface area contributed by atoms with Crippen LogP contribution >= 0.6 is 15.9 Å². The Morgan fingerprint density at radius 1 is 0.970 bits per heavy atom. The quantitative estimate of drug-likeness (QED) is 0.404. The number of rotatable bonds is 4. The first-order chi connectivity index (χ1) is 15.6. The average molecular weight is 510 g/mol. The molecule has 1 heterocycles. The SMILES string of the molecule is CC1(C)C(=O)N(c2ccc(C#N)c(-c3ccc(F)cc3)c2)C(=O)N1Cc1ccc(F)cc1Br. The Kier molecular flexibility index (Phi) is 5.76. The van der Waals surface area contributed by atoms with Crippen LogP contribution in [0.1, 0.15) is 25.0 Å². The molecule has 1 aliphatic heterocycles. The van der Waals surface area contributed by atoms with Gasteiger partial charge in [-0.15, -0.1) is 0 Å². The van der Waals surface area contributed by atoms with Crippen molar-refractivity contribution in [2.75, 3.05) is 4.90 Å². The zero-order valence-corrected chi connectivity index (χ0v) is 19.4. The largest absolute Gasteiger partial charge is 0.332 e. The van der Waals surface area contributed by atoms with Gasteiger partial charge in [0.25, 0.3) is 5.91 Å². The van der Waals surface area contributed by atoms with E-state index >= 15 is 0 Å². The standard InChI is InChI=1S/C25H18BrF2N3O2/c1-25(2)23(32)31(24(33)30(25)14-17-5-9-19(28)11-22(17)26)20-10-6-16(13-29)21(12-20)15-3-7-18(27)8-4-15/h3-12H,14H2,1-2H3. The zero-order chi connectivity index (χ0) is 23.9. The number of anilines is 1. The number of carbonyl (C=O) groups excluding carboxylic acids is 2. The van der Waals surface area contributed by atoms with Crippen molar-refractivity contribution in [3.63, 3.8) is 0 Å². The summed E-state index contributed by atoms with van der Waals surface area (Å²) in [7, 11) is 0. The highest BCUT2D eigenvalue weighted by molar-refractivity contribution is 9.10. The summed E-state index contributed by atoms with van der Waals surface area (Å²) in [6.07, 6.45) is 0. The van der Waals surface area contributed by atoms with Gasteiger partial charge in [0.15, 0.2) is 0 Å². The summed E-state index contributed by atoms with van der Waals surface area (Å²) in [5.74, 6) is -1.26. The maximum atomic E-state index is 13.5. The number of hydrogen-bond donors (Lipinski definition) is 0. The molecule has 0 radical (unpaired) electrons. The van der Waals surface area contributed by atoms with E-state index in [-0.39, 0.29) is 6.54 Å². The lowest BCUT2D eigenvalue weighted by atomic mass is 9.98. The zero-order valence-electron chi connectivity index (χ0n) is 17.8. The van der Waals surface area contributed by atoms with Crippen LogP contribution in [0, 0.1) is 23.0 Å². The highest BCUT2D eigenvalue weighted by Gasteiger charge is 2.51. The fourth-order valence-electron chi connectivity index (χ4n) is 3.79. The minimum Gasteiger partial charge on any atom is -0.305 e. The van der Waals surface area contributed by atoms with Crippen LogP contribution < -0.4 is 4.90 Å². The molecule has 0 spiro atoms. The molecule has 1 saturated heterocycles. The Labute approximate surface area is 198 Å². The number of carbonyl (C=O) groups is 2. The summed E-state index contributed by atoms with van der Waals surface area (Å²) in [5.41, 5.74) is 1.19. The predicted molar refractivity (Wildman–Crippen MR) is 123 cm³/mol. The van der Waals surface area contributed by atoms with Gasteiger partial charge < -0.3 is 4.90 Å². The molecule has 3 aromatic rings. The van der Waals surface area contributed by atoms with Crippen molar-refractivity contribution in [3.05, 3.63) is 87.9 Å². The van der Waals surface area contributed by atoms with Crippen molar-refractivity contribution >= 4 is 33.6 Å². The number of urea groups is 1. The second-order valence-electron chi connectivity index (χ2n) is 8.15. The highest BCUT2D eigenvalue weighted by atomic mass is 79.9. The highest BCUT2D eigenvalue weighted by Crippen LogP contribution is 2.36. The number of amides is 3. The van der Waals surface area contributed by atoms with Crippen LogP contribution in [0.15, 0.2) is 65.1 Å². The molecule has 0 N–H and O–H groups in total. The minimum atomic E-state index is -1.16. The number of halogens is 3. The lowest BCUT2D eigenvalue weighted by molar-refractivity contribution is -0.123. The molecule has 3 amide bonds. The van der Waals surface area contributed by atoms with Gasteiger partial charge in [0, 0.05) is 16.6 Å². The molecule has 0 bridgehead atoms. The summed E-state index contributed by atoms with van der Waals surface area (Å²) in [5, 5.41) is 9.52. The molecular formula is C25H18BrF2N3O2. The third-order valence-electron chi connectivity index (χ3n) is 5.70. The van der Waals surface area contributed by atoms with Crippen molar-refractivity contribution in [1.82, 2.24) is 4.90 Å². The monoisotopic (exact) mass is 509 g/mol. The molecule has 0 atom stereocenters. The molecule has 33 heavy (non-hydrogen) atoms. The van der Waals surface area contributed by atoms with Crippen molar-refractivity contribution in [2.45, 2.75) is 25.9 Å². The topological polar surface area (TPSA) is 64.4 Å². The Morgan fingerprint density at radius 2 is 1.64 bits per heavy atom. The van der Waals surface area contributed by atoms with Gasteiger partial charge in [-0.25, -0.2) is 18.5 Å². The summed E-state index contributed by atoms with van der Waals surface area (Å²) >= 11 is 3.31. The molecule has 0 unspecified atom stereocenters. The molecule has 5 nitrogen and oxygen atoms in total. The lowest BCUT2D eigenvalue weighted by Gasteiger charge is -2.28. The molecular weight excluding hydrogens is 492 g/mol. The summed E-state index contributed by atoms with van der Waals surface area (Å²) in [4.78, 5) is 29.2. The predicted octanol–water partition coefficient (Wildman–Crippen LogP) is 6.01. The molecule has 0 saturated carbocycles. The maximum Gasteiger partial charge on any atom is 0.332 e. The number of nitriles is 1. The normalized spacial score (nSPS) is 15.2. The van der Waals surface area contributed by atoms with Crippen LogP contribution in [0.25, 0.3) is 11.1 Å². The van der Waals surface area contributed by atoms with Crippen molar-refractivity contribution in [3.8, 4) is 17.2 Å². The number of hydrogen-bond acceptors (Lipinski definition) is 3. The third kappa shape index (κ3) is 4.00. The van der Waals surface area contributed by atoms with E-state index in [4.69, 9.17) is 0 Å². The van der Waals surface area contributed by atoms with Crippen LogP contribution in [-0.2, 0) is 11.3 Å². The first-order valence-electron chi connectivity index (χ1n) is 10.0. The fraction of sp³-hybridized carbons (Fsp3) is 0.160. The molecule has 0 aliphatic carbocycles. The Hall–Kier alpha value is -3.57. The fourth-order valence-corrected chi connectivity index (χ4v) is 4.26. The van der Waals surface area contributed by atoms with Gasteiger partial charge in [0.2, 0.25) is 0 Å². The molecule has 1 fully saturated rings. The van der Waals surface area contributed by atoms with E-state index in [0.29, 0.717) is 32.4 Å². The number of benzene rings is 3. The smallest absolute Gasteiger partial charge is 0.305 e. The lowest BCUT2D eigenvalue weighted by Crippen LogP contribution is -2.43. The first kappa shape index (κ1) is 22.6. The number of imide groups is 1. The van der Waals surface area contributed by atoms with Crippen LogP contribution in [0.4, 0.5) is 19.3 Å². The molecule has 1 aliphatic rings. The summed E-state index contributed by atoms with van der Waals surface area (Å²) < 4.78 is 27.4. The first-order valence-corrected chi connectivity index (χ1v) is 10.8. The summed E-state index contributed by atoms with van der Waals surface area (Å²) in [6.45, 7) is 3.39. The van der Waals surface area contributed by atoms with E-state index in [0.717, 1.165) is 4.90 Å². The Morgan fingerprint density at radius 3 is 2.27 bits per heavy atom. The van der Waals surface area contributed by atoms with E-state index in [9.17, 15) is 23.6 Å². The van der Waals surface area contributed by atoms with Crippen LogP contribution in [0.5, 0.6) is 0 Å². The molecule has 0 aromatic heterocycles. The Balaban J connectivity index is 1.74. The van der Waals surface area contributed by atoms with Crippen LogP contribution in [-0.4, -0.2) is 22.4 Å². The molecule has 3 aromatic carbocycles. The van der Waals surface area contributed by atoms with Crippen molar-refractivity contribution in [2.24, 2.45) is 0 Å². The third-order valence-corrected chi connectivity index (χ3v) is 6.44. The second-order valence-corrected chi connectivity index (χ2v) is 9.01.